The maximum atomic E-state index is 12.4. The van der Waals surface area contributed by atoms with Crippen molar-refractivity contribution >= 4 is 35.0 Å². The molecular formula is C17H21ClN6O. The molecule has 8 heteroatoms. The number of anilines is 3. The van der Waals surface area contributed by atoms with Crippen molar-refractivity contribution in [3.8, 4) is 0 Å². The number of urea groups is 1. The van der Waals surface area contributed by atoms with Crippen LogP contribution in [-0.2, 0) is 0 Å². The molecule has 1 aromatic carbocycles. The molecule has 1 aliphatic rings. The lowest BCUT2D eigenvalue weighted by atomic mass is 10.2. The normalized spacial score (nSPS) is 14.4. The van der Waals surface area contributed by atoms with Crippen LogP contribution in [-0.4, -0.2) is 61.2 Å². The lowest BCUT2D eigenvalue weighted by Gasteiger charge is -2.36. The number of carbonyl (C=O) groups is 1. The molecule has 0 saturated carbocycles. The highest BCUT2D eigenvalue weighted by molar-refractivity contribution is 6.33. The molecule has 0 radical (unpaired) electrons. The first-order chi connectivity index (χ1) is 12.0. The van der Waals surface area contributed by atoms with E-state index >= 15 is 0 Å². The summed E-state index contributed by atoms with van der Waals surface area (Å²) in [6, 6.07) is 7.63. The van der Waals surface area contributed by atoms with Crippen molar-refractivity contribution in [3.63, 3.8) is 0 Å². The summed E-state index contributed by atoms with van der Waals surface area (Å²) >= 11 is 6.25. The molecule has 0 bridgehead atoms. The summed E-state index contributed by atoms with van der Waals surface area (Å²) in [6.45, 7) is 2.75. The van der Waals surface area contributed by atoms with Crippen molar-refractivity contribution in [1.29, 1.82) is 0 Å². The smallest absolute Gasteiger partial charge is 0.322 e. The third kappa shape index (κ3) is 4.11. The van der Waals surface area contributed by atoms with E-state index in [1.807, 2.05) is 38.4 Å². The van der Waals surface area contributed by atoms with Gasteiger partial charge in [-0.3, -0.25) is 0 Å². The van der Waals surface area contributed by atoms with Crippen LogP contribution in [0.3, 0.4) is 0 Å². The van der Waals surface area contributed by atoms with Crippen LogP contribution in [0.15, 0.2) is 36.7 Å². The number of halogens is 1. The number of carbonyl (C=O) groups excluding carboxylic acids is 1. The van der Waals surface area contributed by atoms with Crippen LogP contribution in [0.4, 0.5) is 22.1 Å². The van der Waals surface area contributed by atoms with Crippen molar-refractivity contribution in [2.24, 2.45) is 0 Å². The van der Waals surface area contributed by atoms with Gasteiger partial charge in [-0.05, 0) is 12.1 Å². The first kappa shape index (κ1) is 17.3. The Kier molecular flexibility index (Phi) is 5.23. The van der Waals surface area contributed by atoms with Crippen molar-refractivity contribution in [3.05, 3.63) is 41.7 Å². The summed E-state index contributed by atoms with van der Waals surface area (Å²) in [5.74, 6) is 0.603. The van der Waals surface area contributed by atoms with Gasteiger partial charge in [0.2, 0.25) is 5.95 Å². The molecule has 2 aromatic rings. The second-order valence-corrected chi connectivity index (χ2v) is 6.43. The van der Waals surface area contributed by atoms with Crippen molar-refractivity contribution in [2.45, 2.75) is 0 Å². The van der Waals surface area contributed by atoms with Crippen LogP contribution < -0.4 is 15.1 Å². The maximum absolute atomic E-state index is 12.4. The minimum absolute atomic E-state index is 0.139. The SMILES string of the molecule is CN(C)c1ncc(NC(=O)N2CCN(c3ccccc3Cl)CC2)cn1. The minimum Gasteiger partial charge on any atom is -0.367 e. The Balaban J connectivity index is 1.55. The predicted molar refractivity (Wildman–Crippen MR) is 101 cm³/mol. The number of benzene rings is 1. The number of para-hydroxylation sites is 1. The largest absolute Gasteiger partial charge is 0.367 e. The summed E-state index contributed by atoms with van der Waals surface area (Å²) < 4.78 is 0. The summed E-state index contributed by atoms with van der Waals surface area (Å²) in [5.41, 5.74) is 1.60. The number of hydrogen-bond donors (Lipinski definition) is 1. The van der Waals surface area contributed by atoms with E-state index < -0.39 is 0 Å². The van der Waals surface area contributed by atoms with Crippen LogP contribution in [0.2, 0.25) is 5.02 Å². The molecule has 7 nitrogen and oxygen atoms in total. The lowest BCUT2D eigenvalue weighted by molar-refractivity contribution is 0.208. The van der Waals surface area contributed by atoms with Gasteiger partial charge in [0, 0.05) is 40.3 Å². The molecule has 2 amide bonds. The van der Waals surface area contributed by atoms with Gasteiger partial charge in [0.15, 0.2) is 0 Å². The molecule has 0 atom stereocenters. The first-order valence-corrected chi connectivity index (χ1v) is 8.47. The summed E-state index contributed by atoms with van der Waals surface area (Å²) in [6.07, 6.45) is 3.22. The van der Waals surface area contributed by atoms with E-state index in [2.05, 4.69) is 20.2 Å². The van der Waals surface area contributed by atoms with Gasteiger partial charge in [0.25, 0.3) is 0 Å². The highest BCUT2D eigenvalue weighted by Gasteiger charge is 2.22. The number of aromatic nitrogens is 2. The average molecular weight is 361 g/mol. The van der Waals surface area contributed by atoms with Gasteiger partial charge in [-0.1, -0.05) is 23.7 Å². The quantitative estimate of drug-likeness (QED) is 0.911. The van der Waals surface area contributed by atoms with Gasteiger partial charge in [0.05, 0.1) is 28.8 Å². The number of amides is 2. The third-order valence-corrected chi connectivity index (χ3v) is 4.37. The van der Waals surface area contributed by atoms with Crippen LogP contribution in [0, 0.1) is 0 Å². The Labute approximate surface area is 152 Å². The minimum atomic E-state index is -0.139. The highest BCUT2D eigenvalue weighted by Crippen LogP contribution is 2.26. The molecule has 132 valence electrons. The fourth-order valence-electron chi connectivity index (χ4n) is 2.68. The van der Waals surface area contributed by atoms with E-state index in [1.165, 1.54) is 0 Å². The molecule has 1 saturated heterocycles. The number of hydrogen-bond acceptors (Lipinski definition) is 5. The van der Waals surface area contributed by atoms with Crippen LogP contribution in [0.5, 0.6) is 0 Å². The van der Waals surface area contributed by atoms with E-state index in [1.54, 1.807) is 22.2 Å². The van der Waals surface area contributed by atoms with Crippen LogP contribution in [0.1, 0.15) is 0 Å². The van der Waals surface area contributed by atoms with Gasteiger partial charge in [-0.25, -0.2) is 14.8 Å². The van der Waals surface area contributed by atoms with E-state index in [0.717, 1.165) is 23.8 Å². The van der Waals surface area contributed by atoms with E-state index in [9.17, 15) is 4.79 Å². The van der Waals surface area contributed by atoms with Gasteiger partial charge < -0.3 is 20.0 Å². The summed E-state index contributed by atoms with van der Waals surface area (Å²) in [5, 5.41) is 3.58. The lowest BCUT2D eigenvalue weighted by Crippen LogP contribution is -2.50. The second-order valence-electron chi connectivity index (χ2n) is 6.02. The number of piperazine rings is 1. The zero-order chi connectivity index (χ0) is 17.8. The molecule has 25 heavy (non-hydrogen) atoms. The standard InChI is InChI=1S/C17H21ClN6O/c1-22(2)16-19-11-13(12-20-16)21-17(25)24-9-7-23(8-10-24)15-6-4-3-5-14(15)18/h3-6,11-12H,7-10H2,1-2H3,(H,21,25). The molecule has 1 aliphatic heterocycles. The van der Waals surface area contributed by atoms with Gasteiger partial charge >= 0.3 is 6.03 Å². The highest BCUT2D eigenvalue weighted by atomic mass is 35.5. The third-order valence-electron chi connectivity index (χ3n) is 4.05. The summed E-state index contributed by atoms with van der Waals surface area (Å²) in [7, 11) is 3.73. The predicted octanol–water partition coefficient (Wildman–Crippen LogP) is 2.55. The van der Waals surface area contributed by atoms with Crippen molar-refractivity contribution in [1.82, 2.24) is 14.9 Å². The molecule has 0 spiro atoms. The molecule has 3 rings (SSSR count). The van der Waals surface area contributed by atoms with Gasteiger partial charge in [-0.15, -0.1) is 0 Å². The second kappa shape index (κ2) is 7.57. The molecule has 2 heterocycles. The Hall–Kier alpha value is -2.54. The fourth-order valence-corrected chi connectivity index (χ4v) is 2.93. The molecule has 1 aromatic heterocycles. The van der Waals surface area contributed by atoms with Crippen LogP contribution in [0.25, 0.3) is 0 Å². The molecule has 0 unspecified atom stereocenters. The topological polar surface area (TPSA) is 64.6 Å². The van der Waals surface area contributed by atoms with Crippen molar-refractivity contribution < 1.29 is 4.79 Å². The molecule has 1 fully saturated rings. The van der Waals surface area contributed by atoms with E-state index in [-0.39, 0.29) is 6.03 Å². The van der Waals surface area contributed by atoms with Crippen LogP contribution >= 0.6 is 11.6 Å². The molecule has 0 aliphatic carbocycles. The summed E-state index contributed by atoms with van der Waals surface area (Å²) in [4.78, 5) is 26.6. The van der Waals surface area contributed by atoms with E-state index in [0.29, 0.717) is 24.7 Å². The van der Waals surface area contributed by atoms with Gasteiger partial charge in [0.1, 0.15) is 0 Å². The Bertz CT molecular complexity index is 728. The first-order valence-electron chi connectivity index (χ1n) is 8.09. The maximum Gasteiger partial charge on any atom is 0.322 e. The number of rotatable bonds is 3. The zero-order valence-corrected chi connectivity index (χ0v) is 15.1. The fraction of sp³-hybridized carbons (Fsp3) is 0.353. The van der Waals surface area contributed by atoms with Gasteiger partial charge in [-0.2, -0.15) is 0 Å². The number of nitrogens with one attached hydrogen (secondary N) is 1. The van der Waals surface area contributed by atoms with Crippen molar-refractivity contribution in [2.75, 3.05) is 55.4 Å². The number of nitrogens with zero attached hydrogens (tertiary/aromatic N) is 5. The van der Waals surface area contributed by atoms with E-state index in [4.69, 9.17) is 11.6 Å². The Morgan fingerprint density at radius 2 is 1.76 bits per heavy atom. The monoisotopic (exact) mass is 360 g/mol. The molecule has 1 N–H and O–H groups in total. The Morgan fingerprint density at radius 3 is 2.36 bits per heavy atom. The Morgan fingerprint density at radius 1 is 1.12 bits per heavy atom. The average Bonchev–Trinajstić information content (AvgIpc) is 2.63. The zero-order valence-electron chi connectivity index (χ0n) is 14.3. The molecular weight excluding hydrogens is 340 g/mol.